The molecule has 0 saturated carbocycles. The molecule has 1 saturated heterocycles. The zero-order valence-corrected chi connectivity index (χ0v) is 14.7. The minimum Gasteiger partial charge on any atom is -0.467 e. The van der Waals surface area contributed by atoms with Crippen molar-refractivity contribution >= 4 is 11.8 Å². The summed E-state index contributed by atoms with van der Waals surface area (Å²) in [5, 5.41) is 0. The number of anilines is 1. The Morgan fingerprint density at radius 2 is 2.08 bits per heavy atom. The molecule has 2 aromatic heterocycles. The molecule has 0 bridgehead atoms. The highest BCUT2D eigenvalue weighted by atomic mass is 16.6. The van der Waals surface area contributed by atoms with Crippen LogP contribution in [-0.4, -0.2) is 53.3 Å². The second-order valence-corrected chi connectivity index (χ2v) is 5.99. The Bertz CT molecular complexity index is 738. The third-order valence-electron chi connectivity index (χ3n) is 4.11. The molecule has 7 heteroatoms. The number of esters is 1. The van der Waals surface area contributed by atoms with Crippen molar-refractivity contribution in [2.45, 2.75) is 32.5 Å². The van der Waals surface area contributed by atoms with Gasteiger partial charge in [0.25, 0.3) is 0 Å². The van der Waals surface area contributed by atoms with E-state index in [1.807, 2.05) is 25.1 Å². The zero-order valence-electron chi connectivity index (χ0n) is 14.7. The van der Waals surface area contributed by atoms with E-state index in [-0.39, 0.29) is 12.1 Å². The molecule has 0 radical (unpaired) electrons. The molecular weight excluding hydrogens is 320 g/mol. The first-order valence-corrected chi connectivity index (χ1v) is 8.37. The number of rotatable bonds is 4. The van der Waals surface area contributed by atoms with Gasteiger partial charge in [-0.1, -0.05) is 6.92 Å². The lowest BCUT2D eigenvalue weighted by molar-refractivity contribution is -0.158. The van der Waals surface area contributed by atoms with Crippen LogP contribution in [0.1, 0.15) is 19.5 Å². The predicted molar refractivity (Wildman–Crippen MR) is 93.2 cm³/mol. The van der Waals surface area contributed by atoms with Crippen molar-refractivity contribution in [1.29, 1.82) is 0 Å². The summed E-state index contributed by atoms with van der Waals surface area (Å²) in [6.07, 6.45) is 3.54. The van der Waals surface area contributed by atoms with Gasteiger partial charge in [0.2, 0.25) is 0 Å². The molecular formula is C18H22N4O3. The van der Waals surface area contributed by atoms with Gasteiger partial charge in [-0.3, -0.25) is 4.98 Å². The number of hydrogen-bond donors (Lipinski definition) is 0. The molecule has 1 aliphatic heterocycles. The van der Waals surface area contributed by atoms with Gasteiger partial charge in [-0.25, -0.2) is 14.8 Å². The van der Waals surface area contributed by atoms with Crippen molar-refractivity contribution < 1.29 is 14.3 Å². The summed E-state index contributed by atoms with van der Waals surface area (Å²) < 4.78 is 10.5. The van der Waals surface area contributed by atoms with Gasteiger partial charge in [-0.05, 0) is 25.5 Å². The molecule has 25 heavy (non-hydrogen) atoms. The highest BCUT2D eigenvalue weighted by Crippen LogP contribution is 2.23. The highest BCUT2D eigenvalue weighted by Gasteiger charge is 2.32. The van der Waals surface area contributed by atoms with Crippen LogP contribution in [0.25, 0.3) is 11.4 Å². The minimum absolute atomic E-state index is 0.0951. The van der Waals surface area contributed by atoms with Crippen molar-refractivity contribution in [3.05, 3.63) is 36.3 Å². The maximum absolute atomic E-state index is 11.9. The summed E-state index contributed by atoms with van der Waals surface area (Å²) >= 11 is 0. The van der Waals surface area contributed by atoms with Crippen LogP contribution in [0.2, 0.25) is 0 Å². The van der Waals surface area contributed by atoms with Crippen LogP contribution in [0, 0.1) is 0 Å². The van der Waals surface area contributed by atoms with Crippen LogP contribution in [-0.2, 0) is 20.7 Å². The van der Waals surface area contributed by atoms with E-state index >= 15 is 0 Å². The van der Waals surface area contributed by atoms with Gasteiger partial charge in [-0.2, -0.15) is 0 Å². The van der Waals surface area contributed by atoms with E-state index in [0.29, 0.717) is 18.9 Å². The fraction of sp³-hybridized carbons (Fsp3) is 0.444. The van der Waals surface area contributed by atoms with Crippen LogP contribution < -0.4 is 4.90 Å². The second kappa shape index (κ2) is 7.57. The Balaban J connectivity index is 1.94. The number of nitrogens with zero attached hydrogens (tertiary/aromatic N) is 4. The average Bonchev–Trinajstić information content (AvgIpc) is 2.67. The second-order valence-electron chi connectivity index (χ2n) is 5.99. The van der Waals surface area contributed by atoms with Crippen molar-refractivity contribution in [3.8, 4) is 11.4 Å². The van der Waals surface area contributed by atoms with Crippen LogP contribution >= 0.6 is 0 Å². The van der Waals surface area contributed by atoms with Gasteiger partial charge in [0.05, 0.1) is 19.8 Å². The number of pyridine rings is 1. The summed E-state index contributed by atoms with van der Waals surface area (Å²) in [7, 11) is 1.37. The largest absolute Gasteiger partial charge is 0.467 e. The zero-order chi connectivity index (χ0) is 17.8. The molecule has 1 aliphatic rings. The van der Waals surface area contributed by atoms with E-state index in [4.69, 9.17) is 14.5 Å². The topological polar surface area (TPSA) is 77.4 Å². The lowest BCUT2D eigenvalue weighted by atomic mass is 10.2. The van der Waals surface area contributed by atoms with E-state index < -0.39 is 6.10 Å². The van der Waals surface area contributed by atoms with Crippen LogP contribution in [0.3, 0.4) is 0 Å². The maximum atomic E-state index is 11.9. The molecule has 132 valence electrons. The molecule has 2 aromatic rings. The standard InChI is InChI=1S/C18H22N4O3/c1-4-14-9-16(21-17(20-14)13-5-7-19-8-6-13)22-10-12(2)25-15(11-22)18(23)24-3/h5-9,12,15H,4,10-11H2,1-3H3/t12-,15?/m1/s1. The summed E-state index contributed by atoms with van der Waals surface area (Å²) in [5.41, 5.74) is 1.86. The summed E-state index contributed by atoms with van der Waals surface area (Å²) in [6.45, 7) is 5.06. The lowest BCUT2D eigenvalue weighted by Crippen LogP contribution is -2.50. The monoisotopic (exact) mass is 342 g/mol. The number of aromatic nitrogens is 3. The van der Waals surface area contributed by atoms with Crippen molar-refractivity contribution in [2.24, 2.45) is 0 Å². The third kappa shape index (κ3) is 3.93. The number of aryl methyl sites for hydroxylation is 1. The van der Waals surface area contributed by atoms with Crippen LogP contribution in [0.15, 0.2) is 30.6 Å². The first-order valence-electron chi connectivity index (χ1n) is 8.37. The Morgan fingerprint density at radius 1 is 1.32 bits per heavy atom. The number of ether oxygens (including phenoxy) is 2. The average molecular weight is 342 g/mol. The quantitative estimate of drug-likeness (QED) is 0.785. The number of methoxy groups -OCH3 is 1. The molecule has 1 fully saturated rings. The van der Waals surface area contributed by atoms with Crippen molar-refractivity contribution in [2.75, 3.05) is 25.1 Å². The Morgan fingerprint density at radius 3 is 2.76 bits per heavy atom. The van der Waals surface area contributed by atoms with Gasteiger partial charge in [-0.15, -0.1) is 0 Å². The Hall–Kier alpha value is -2.54. The van der Waals surface area contributed by atoms with Crippen molar-refractivity contribution in [1.82, 2.24) is 15.0 Å². The van der Waals surface area contributed by atoms with Gasteiger partial charge in [0.1, 0.15) is 5.82 Å². The number of morpholine rings is 1. The molecule has 3 rings (SSSR count). The first-order chi connectivity index (χ1) is 12.1. The van der Waals surface area contributed by atoms with E-state index in [2.05, 4.69) is 21.8 Å². The number of hydrogen-bond acceptors (Lipinski definition) is 7. The smallest absolute Gasteiger partial charge is 0.336 e. The van der Waals surface area contributed by atoms with Crippen molar-refractivity contribution in [3.63, 3.8) is 0 Å². The predicted octanol–water partition coefficient (Wildman–Crippen LogP) is 1.87. The molecule has 0 N–H and O–H groups in total. The minimum atomic E-state index is -0.613. The normalized spacial score (nSPS) is 20.4. The molecule has 0 spiro atoms. The molecule has 0 amide bonds. The molecule has 0 aromatic carbocycles. The number of carbonyl (C=O) groups is 1. The maximum Gasteiger partial charge on any atom is 0.336 e. The van der Waals surface area contributed by atoms with E-state index in [1.165, 1.54) is 7.11 Å². The third-order valence-corrected chi connectivity index (χ3v) is 4.11. The summed E-state index contributed by atoms with van der Waals surface area (Å²) in [6, 6.07) is 5.74. The fourth-order valence-corrected chi connectivity index (χ4v) is 2.86. The van der Waals surface area contributed by atoms with E-state index in [1.54, 1.807) is 12.4 Å². The summed E-state index contributed by atoms with van der Waals surface area (Å²) in [5.74, 6) is 1.09. The van der Waals surface area contributed by atoms with Gasteiger partial charge < -0.3 is 14.4 Å². The highest BCUT2D eigenvalue weighted by molar-refractivity contribution is 5.75. The van der Waals surface area contributed by atoms with E-state index in [9.17, 15) is 4.79 Å². The molecule has 7 nitrogen and oxygen atoms in total. The molecule has 1 unspecified atom stereocenters. The van der Waals surface area contributed by atoms with Crippen LogP contribution in [0.5, 0.6) is 0 Å². The number of carbonyl (C=O) groups excluding carboxylic acids is 1. The van der Waals surface area contributed by atoms with Gasteiger partial charge in [0, 0.05) is 36.3 Å². The Labute approximate surface area is 147 Å². The fourth-order valence-electron chi connectivity index (χ4n) is 2.86. The molecule has 2 atom stereocenters. The van der Waals surface area contributed by atoms with Gasteiger partial charge in [0.15, 0.2) is 11.9 Å². The molecule has 3 heterocycles. The first kappa shape index (κ1) is 17.3. The lowest BCUT2D eigenvalue weighted by Gasteiger charge is -2.36. The van der Waals surface area contributed by atoms with Crippen LogP contribution in [0.4, 0.5) is 5.82 Å². The summed E-state index contributed by atoms with van der Waals surface area (Å²) in [4.78, 5) is 27.3. The Kier molecular flexibility index (Phi) is 5.23. The molecule has 0 aliphatic carbocycles. The SMILES string of the molecule is CCc1cc(N2CC(C(=O)OC)O[C@H](C)C2)nc(-c2ccncc2)n1. The van der Waals surface area contributed by atoms with Gasteiger partial charge >= 0.3 is 5.97 Å². The van der Waals surface area contributed by atoms with E-state index in [0.717, 1.165) is 23.5 Å².